The minimum Gasteiger partial charge on any atom is -0.474 e. The summed E-state index contributed by atoms with van der Waals surface area (Å²) in [6.45, 7) is 8.30. The molecule has 2 aromatic heterocycles. The number of ether oxygens (including phenoxy) is 1. The van der Waals surface area contributed by atoms with Crippen LogP contribution in [0.2, 0.25) is 0 Å². The highest BCUT2D eigenvalue weighted by Crippen LogP contribution is 2.31. The summed E-state index contributed by atoms with van der Waals surface area (Å²) in [4.78, 5) is 10.7. The maximum Gasteiger partial charge on any atom is 0.241 e. The summed E-state index contributed by atoms with van der Waals surface area (Å²) in [5.41, 5.74) is 2.48. The van der Waals surface area contributed by atoms with Crippen molar-refractivity contribution in [1.82, 2.24) is 9.97 Å². The van der Waals surface area contributed by atoms with Crippen molar-refractivity contribution in [2.24, 2.45) is 11.8 Å². The summed E-state index contributed by atoms with van der Waals surface area (Å²) in [6.07, 6.45) is 0.0916. The van der Waals surface area contributed by atoms with Gasteiger partial charge in [0, 0.05) is 4.88 Å². The van der Waals surface area contributed by atoms with Crippen molar-refractivity contribution in [2.45, 2.75) is 33.8 Å². The molecule has 6 heteroatoms. The lowest BCUT2D eigenvalue weighted by Gasteiger charge is -2.18. The van der Waals surface area contributed by atoms with Gasteiger partial charge in [-0.2, -0.15) is 4.98 Å². The van der Waals surface area contributed by atoms with E-state index in [2.05, 4.69) is 29.2 Å². The number of anilines is 1. The number of nitrogens with zero attached hydrogens (tertiary/aromatic N) is 2. The summed E-state index contributed by atoms with van der Waals surface area (Å²) in [7, 11) is 0. The predicted octanol–water partition coefficient (Wildman–Crippen LogP) is 2.71. The summed E-state index contributed by atoms with van der Waals surface area (Å²) in [6, 6.07) is 2.04. The SMILES string of the molecule is Cc1cc2c(OC(C)C(C)C)nc(NN)nc2s1. The Kier molecular flexibility index (Phi) is 3.68. The van der Waals surface area contributed by atoms with E-state index in [1.807, 2.05) is 19.9 Å². The Hall–Kier alpha value is -1.40. The molecule has 0 bridgehead atoms. The molecule has 0 fully saturated rings. The van der Waals surface area contributed by atoms with Gasteiger partial charge in [0.1, 0.15) is 4.83 Å². The molecular formula is C12H18N4OS. The van der Waals surface area contributed by atoms with Gasteiger partial charge in [0.15, 0.2) is 0 Å². The molecule has 2 aromatic rings. The Bertz CT molecular complexity index is 552. The highest BCUT2D eigenvalue weighted by Gasteiger charge is 2.15. The van der Waals surface area contributed by atoms with Gasteiger partial charge in [-0.1, -0.05) is 13.8 Å². The Labute approximate surface area is 110 Å². The molecule has 0 aromatic carbocycles. The van der Waals surface area contributed by atoms with Crippen molar-refractivity contribution >= 4 is 27.5 Å². The minimum absolute atomic E-state index is 0.0916. The van der Waals surface area contributed by atoms with Crippen LogP contribution in [0.5, 0.6) is 5.88 Å². The van der Waals surface area contributed by atoms with Gasteiger partial charge in [-0.15, -0.1) is 11.3 Å². The van der Waals surface area contributed by atoms with Crippen LogP contribution < -0.4 is 16.0 Å². The van der Waals surface area contributed by atoms with E-state index in [1.54, 1.807) is 11.3 Å². The van der Waals surface area contributed by atoms with Crippen LogP contribution in [-0.2, 0) is 0 Å². The largest absolute Gasteiger partial charge is 0.474 e. The predicted molar refractivity (Wildman–Crippen MR) is 74.9 cm³/mol. The van der Waals surface area contributed by atoms with Crippen molar-refractivity contribution in [3.8, 4) is 5.88 Å². The second kappa shape index (κ2) is 5.07. The van der Waals surface area contributed by atoms with Gasteiger partial charge >= 0.3 is 0 Å². The number of hydrazine groups is 1. The number of fused-ring (bicyclic) bond motifs is 1. The van der Waals surface area contributed by atoms with E-state index in [0.717, 1.165) is 10.2 Å². The zero-order valence-electron chi connectivity index (χ0n) is 11.0. The molecule has 3 N–H and O–H groups in total. The van der Waals surface area contributed by atoms with Crippen molar-refractivity contribution in [3.63, 3.8) is 0 Å². The van der Waals surface area contributed by atoms with Crippen LogP contribution in [0.25, 0.3) is 10.2 Å². The monoisotopic (exact) mass is 266 g/mol. The fourth-order valence-corrected chi connectivity index (χ4v) is 2.35. The lowest BCUT2D eigenvalue weighted by atomic mass is 10.1. The third kappa shape index (κ3) is 2.54. The molecule has 1 atom stereocenters. The maximum absolute atomic E-state index is 5.90. The number of nitrogens with one attached hydrogen (secondary N) is 1. The summed E-state index contributed by atoms with van der Waals surface area (Å²) >= 11 is 1.60. The first kappa shape index (κ1) is 13.0. The van der Waals surface area contributed by atoms with E-state index in [4.69, 9.17) is 10.6 Å². The van der Waals surface area contributed by atoms with Crippen molar-refractivity contribution in [1.29, 1.82) is 0 Å². The number of rotatable bonds is 4. The molecule has 2 heterocycles. The number of thiophene rings is 1. The van der Waals surface area contributed by atoms with Gasteiger partial charge in [0.05, 0.1) is 11.5 Å². The molecule has 18 heavy (non-hydrogen) atoms. The first-order valence-electron chi connectivity index (χ1n) is 5.92. The first-order valence-corrected chi connectivity index (χ1v) is 6.74. The molecule has 0 amide bonds. The fourth-order valence-electron chi connectivity index (χ4n) is 1.48. The Morgan fingerprint density at radius 3 is 2.67 bits per heavy atom. The third-order valence-corrected chi connectivity index (χ3v) is 3.79. The second-order valence-electron chi connectivity index (χ2n) is 4.64. The molecular weight excluding hydrogens is 248 g/mol. The Morgan fingerprint density at radius 2 is 2.06 bits per heavy atom. The van der Waals surface area contributed by atoms with Crippen molar-refractivity contribution in [2.75, 3.05) is 5.43 Å². The highest BCUT2D eigenvalue weighted by molar-refractivity contribution is 7.18. The summed E-state index contributed by atoms with van der Waals surface area (Å²) < 4.78 is 5.90. The lowest BCUT2D eigenvalue weighted by Crippen LogP contribution is -2.20. The number of nitrogens with two attached hydrogens (primary N) is 1. The van der Waals surface area contributed by atoms with E-state index >= 15 is 0 Å². The number of hydrogen-bond acceptors (Lipinski definition) is 6. The molecule has 0 saturated carbocycles. The maximum atomic E-state index is 5.90. The van der Waals surface area contributed by atoms with Crippen molar-refractivity contribution in [3.05, 3.63) is 10.9 Å². The number of aromatic nitrogens is 2. The molecule has 2 rings (SSSR count). The molecule has 5 nitrogen and oxygen atoms in total. The molecule has 0 spiro atoms. The molecule has 0 saturated heterocycles. The molecule has 98 valence electrons. The van der Waals surface area contributed by atoms with Gasteiger partial charge in [0.25, 0.3) is 0 Å². The van der Waals surface area contributed by atoms with Crippen LogP contribution in [0.4, 0.5) is 5.95 Å². The van der Waals surface area contributed by atoms with Gasteiger partial charge in [-0.05, 0) is 25.8 Å². The average molecular weight is 266 g/mol. The summed E-state index contributed by atoms with van der Waals surface area (Å²) in [5, 5.41) is 0.948. The standard InChI is InChI=1S/C12H18N4OS/c1-6(2)8(4)17-10-9-5-7(3)18-11(9)15-12(14-10)16-13/h5-6,8H,13H2,1-4H3,(H,14,15,16). The van der Waals surface area contributed by atoms with E-state index in [1.165, 1.54) is 4.88 Å². The van der Waals surface area contributed by atoms with Crippen LogP contribution in [0.1, 0.15) is 25.6 Å². The smallest absolute Gasteiger partial charge is 0.241 e. The van der Waals surface area contributed by atoms with Gasteiger partial charge in [-0.25, -0.2) is 10.8 Å². The van der Waals surface area contributed by atoms with Gasteiger partial charge in [0.2, 0.25) is 11.8 Å². The quantitative estimate of drug-likeness (QED) is 0.657. The molecule has 0 aliphatic rings. The molecule has 0 aliphatic heterocycles. The fraction of sp³-hybridized carbons (Fsp3) is 0.500. The molecule has 0 radical (unpaired) electrons. The van der Waals surface area contributed by atoms with Crippen molar-refractivity contribution < 1.29 is 4.74 Å². The van der Waals surface area contributed by atoms with Crippen LogP contribution in [0.3, 0.4) is 0 Å². The summed E-state index contributed by atoms with van der Waals surface area (Å²) in [5.74, 6) is 6.78. The van der Waals surface area contributed by atoms with Gasteiger partial charge in [-0.3, -0.25) is 5.43 Å². The van der Waals surface area contributed by atoms with E-state index in [9.17, 15) is 0 Å². The average Bonchev–Trinajstić information content (AvgIpc) is 2.69. The number of nitrogen functional groups attached to an aromatic ring is 1. The Balaban J connectivity index is 2.46. The lowest BCUT2D eigenvalue weighted by molar-refractivity contribution is 0.166. The number of aryl methyl sites for hydroxylation is 1. The minimum atomic E-state index is 0.0916. The first-order chi connectivity index (χ1) is 8.51. The Morgan fingerprint density at radius 1 is 1.33 bits per heavy atom. The van der Waals surface area contributed by atoms with Crippen LogP contribution in [0.15, 0.2) is 6.07 Å². The van der Waals surface area contributed by atoms with E-state index in [-0.39, 0.29) is 6.10 Å². The second-order valence-corrected chi connectivity index (χ2v) is 5.87. The molecule has 1 unspecified atom stereocenters. The number of hydrogen-bond donors (Lipinski definition) is 2. The van der Waals surface area contributed by atoms with Crippen LogP contribution in [0, 0.1) is 12.8 Å². The highest BCUT2D eigenvalue weighted by atomic mass is 32.1. The third-order valence-electron chi connectivity index (χ3n) is 2.85. The van der Waals surface area contributed by atoms with E-state index < -0.39 is 0 Å². The molecule has 0 aliphatic carbocycles. The zero-order chi connectivity index (χ0) is 13.3. The van der Waals surface area contributed by atoms with Crippen LogP contribution in [-0.4, -0.2) is 16.1 Å². The zero-order valence-corrected chi connectivity index (χ0v) is 11.8. The van der Waals surface area contributed by atoms with Crippen LogP contribution >= 0.6 is 11.3 Å². The normalized spacial score (nSPS) is 13.0. The van der Waals surface area contributed by atoms with Gasteiger partial charge < -0.3 is 4.74 Å². The van der Waals surface area contributed by atoms with E-state index in [0.29, 0.717) is 17.7 Å². The topological polar surface area (TPSA) is 73.1 Å².